The molecule has 0 radical (unpaired) electrons. The van der Waals surface area contributed by atoms with Gasteiger partial charge in [0.15, 0.2) is 0 Å². The number of benzene rings is 5. The summed E-state index contributed by atoms with van der Waals surface area (Å²) in [4.78, 5) is 19.2. The van der Waals surface area contributed by atoms with E-state index in [0.29, 0.717) is 5.84 Å². The molecule has 0 amide bonds. The first-order valence-electron chi connectivity index (χ1n) is 27.0. The van der Waals surface area contributed by atoms with Crippen LogP contribution in [0, 0.1) is 40.2 Å². The molecule has 0 aromatic heterocycles. The Morgan fingerprint density at radius 2 is 0.769 bits per heavy atom. The molecule has 10 heteroatoms. The lowest BCUT2D eigenvalue weighted by molar-refractivity contribution is 0.372. The minimum atomic E-state index is -0.252. The summed E-state index contributed by atoms with van der Waals surface area (Å²) in [6.45, 7) is 34.7. The fraction of sp³-hybridized carbons (Fsp3) is 0.382. The number of aryl methyl sites for hydroxylation is 1. The molecule has 0 spiro atoms. The van der Waals surface area contributed by atoms with Gasteiger partial charge in [-0.2, -0.15) is 0 Å². The highest BCUT2D eigenvalue weighted by Crippen LogP contribution is 2.39. The van der Waals surface area contributed by atoms with Crippen molar-refractivity contribution in [2.45, 2.75) is 149 Å². The second-order valence-corrected chi connectivity index (χ2v) is 24.5. The van der Waals surface area contributed by atoms with E-state index in [9.17, 15) is 8.78 Å². The number of hydrogen-bond donors (Lipinski definition) is 4. The third-order valence-corrected chi connectivity index (χ3v) is 13.5. The number of halogens is 2. The summed E-state index contributed by atoms with van der Waals surface area (Å²) in [7, 11) is 0. The molecule has 414 valence electrons. The van der Waals surface area contributed by atoms with E-state index in [4.69, 9.17) is 20.0 Å². The molecule has 5 aromatic rings. The molecule has 4 aliphatic heterocycles. The maximum absolute atomic E-state index is 13.5. The van der Waals surface area contributed by atoms with Crippen LogP contribution in [0.25, 0.3) is 22.3 Å². The molecule has 4 aliphatic rings. The summed E-state index contributed by atoms with van der Waals surface area (Å²) >= 11 is 0. The zero-order chi connectivity index (χ0) is 56.3. The number of amidine groups is 4. The van der Waals surface area contributed by atoms with Crippen LogP contribution in [0.5, 0.6) is 0 Å². The van der Waals surface area contributed by atoms with Gasteiger partial charge in [0, 0.05) is 59.1 Å². The third kappa shape index (κ3) is 16.9. The monoisotopic (exact) mass is 1050 g/mol. The van der Waals surface area contributed by atoms with Gasteiger partial charge in [0.25, 0.3) is 0 Å². The van der Waals surface area contributed by atoms with Crippen LogP contribution in [0.15, 0.2) is 178 Å². The topological polar surface area (TPSA) is 97.6 Å². The summed E-state index contributed by atoms with van der Waals surface area (Å²) < 4.78 is 26.6. The van der Waals surface area contributed by atoms with E-state index in [2.05, 4.69) is 203 Å². The average molecular weight is 1060 g/mol. The maximum atomic E-state index is 13.5. The molecule has 78 heavy (non-hydrogen) atoms. The van der Waals surface area contributed by atoms with Crippen molar-refractivity contribution in [2.75, 3.05) is 0 Å². The van der Waals surface area contributed by atoms with Crippen LogP contribution in [0.2, 0.25) is 0 Å². The molecule has 0 saturated carbocycles. The number of aliphatic imine (C=N–C) groups is 4. The normalized spacial score (nSPS) is 19.1. The highest BCUT2D eigenvalue weighted by atomic mass is 19.1. The van der Waals surface area contributed by atoms with E-state index in [1.165, 1.54) is 57.7 Å². The Morgan fingerprint density at radius 1 is 0.385 bits per heavy atom. The highest BCUT2D eigenvalue weighted by molar-refractivity contribution is 6.02. The van der Waals surface area contributed by atoms with Gasteiger partial charge in [0.05, 0.1) is 35.8 Å². The van der Waals surface area contributed by atoms with Crippen LogP contribution in [-0.2, 0) is 0 Å². The van der Waals surface area contributed by atoms with Gasteiger partial charge in [0.1, 0.15) is 23.3 Å². The zero-order valence-electron chi connectivity index (χ0n) is 48.6. The molecule has 4 heterocycles. The summed E-state index contributed by atoms with van der Waals surface area (Å²) in [6, 6.07) is 43.1. The fourth-order valence-electron chi connectivity index (χ4n) is 9.41. The van der Waals surface area contributed by atoms with E-state index >= 15 is 0 Å². The summed E-state index contributed by atoms with van der Waals surface area (Å²) in [5.41, 5.74) is 11.7. The van der Waals surface area contributed by atoms with Crippen LogP contribution < -0.4 is 21.3 Å². The second kappa shape index (κ2) is 26.4. The van der Waals surface area contributed by atoms with Crippen molar-refractivity contribution >= 4 is 45.6 Å². The predicted molar refractivity (Wildman–Crippen MR) is 331 cm³/mol. The van der Waals surface area contributed by atoms with Crippen molar-refractivity contribution in [3.05, 3.63) is 203 Å². The number of nitrogens with zero attached hydrogens (tertiary/aromatic N) is 4. The summed E-state index contributed by atoms with van der Waals surface area (Å²) in [5, 5.41) is 12.9. The van der Waals surface area contributed by atoms with E-state index in [-0.39, 0.29) is 64.9 Å². The Hall–Kier alpha value is -7.20. The van der Waals surface area contributed by atoms with Gasteiger partial charge in [-0.3, -0.25) is 20.0 Å². The van der Waals surface area contributed by atoms with Crippen LogP contribution in [0.1, 0.15) is 151 Å². The summed E-state index contributed by atoms with van der Waals surface area (Å²) in [6.07, 6.45) is 9.09. The molecule has 9 rings (SSSR count). The molecule has 0 saturated heterocycles. The molecule has 4 unspecified atom stereocenters. The summed E-state index contributed by atoms with van der Waals surface area (Å²) in [5.74, 6) is 3.24. The lowest BCUT2D eigenvalue weighted by Crippen LogP contribution is -2.35. The smallest absolute Gasteiger partial charge is 0.133 e. The molecule has 8 nitrogen and oxygen atoms in total. The van der Waals surface area contributed by atoms with E-state index in [1.807, 2.05) is 56.6 Å². The Kier molecular flexibility index (Phi) is 20.9. The molecule has 0 bridgehead atoms. The van der Waals surface area contributed by atoms with E-state index in [1.54, 1.807) is 6.07 Å². The Morgan fingerprint density at radius 3 is 1.22 bits per heavy atom. The maximum Gasteiger partial charge on any atom is 0.133 e. The molecule has 0 fully saturated rings. The highest BCUT2D eigenvalue weighted by Gasteiger charge is 2.34. The molecule has 4 N–H and O–H groups in total. The van der Waals surface area contributed by atoms with Gasteiger partial charge in [-0.15, -0.1) is 0 Å². The van der Waals surface area contributed by atoms with Gasteiger partial charge in [0.2, 0.25) is 0 Å². The van der Waals surface area contributed by atoms with Gasteiger partial charge in [-0.25, -0.2) is 8.78 Å². The van der Waals surface area contributed by atoms with Crippen molar-refractivity contribution in [3.63, 3.8) is 0 Å². The Balaban J connectivity index is 0.000000193. The second-order valence-electron chi connectivity index (χ2n) is 24.5. The van der Waals surface area contributed by atoms with Crippen molar-refractivity contribution in [1.82, 2.24) is 21.3 Å². The van der Waals surface area contributed by atoms with Crippen molar-refractivity contribution in [1.29, 1.82) is 0 Å². The van der Waals surface area contributed by atoms with Crippen molar-refractivity contribution in [2.24, 2.45) is 41.6 Å². The number of nitrogens with one attached hydrogen (secondary N) is 4. The molecule has 4 atom stereocenters. The Bertz CT molecular complexity index is 2950. The fourth-order valence-corrected chi connectivity index (χ4v) is 9.41. The van der Waals surface area contributed by atoms with Crippen LogP contribution in [0.4, 0.5) is 8.78 Å². The average Bonchev–Trinajstić information content (AvgIpc) is 3.39. The molecular weight excluding hydrogens is 967 g/mol. The van der Waals surface area contributed by atoms with Crippen LogP contribution in [0.3, 0.4) is 0 Å². The van der Waals surface area contributed by atoms with Crippen molar-refractivity contribution < 1.29 is 8.78 Å². The van der Waals surface area contributed by atoms with Crippen molar-refractivity contribution in [3.8, 4) is 0 Å². The van der Waals surface area contributed by atoms with Gasteiger partial charge < -0.3 is 21.3 Å². The van der Waals surface area contributed by atoms with E-state index in [0.717, 1.165) is 46.2 Å². The molecule has 5 aromatic carbocycles. The molecule has 0 aliphatic carbocycles. The first-order valence-corrected chi connectivity index (χ1v) is 27.0. The third-order valence-electron chi connectivity index (χ3n) is 13.5. The SMILES string of the molecule is C.CC1=NC(C(C)(C)C)C(c2ccccc2)=CN1.CC1=NC(C(C)(C)C)C(c2ccccc2)=CN1.CCC1=NC(C(C)(C)C)C(c2ccc(F)cc2)=CN1.Cc1cccc(C2=CNC(c3cccc(F)c3)=NC2C(C)(C)C)c1. The lowest BCUT2D eigenvalue weighted by atomic mass is 9.79. The standard InChI is InChI=1S/C21H23FN2.C16H21FN2.2C15H20N2.CH4/c1-14-7-5-8-15(11-14)18-13-23-20(24-19(18)21(2,3)4)16-9-6-10-17(22)12-16;1-5-14-18-10-13(15(19-14)16(2,3)4)11-6-8-12(17)9-7-11;2*1-11-16-10-13(12-8-6-5-7-9-12)14(17-11)15(2,3)4;/h5-13,19H,1-4H3,(H,23,24);6-10,15H,5H2,1-4H3,(H,18,19);2*5-10,14H,1-4H3,(H,16,17);1H4. The Labute approximate surface area is 467 Å². The van der Waals surface area contributed by atoms with E-state index < -0.39 is 0 Å². The van der Waals surface area contributed by atoms with Gasteiger partial charge >= 0.3 is 0 Å². The predicted octanol–water partition coefficient (Wildman–Crippen LogP) is 16.5. The lowest BCUT2D eigenvalue weighted by Gasteiger charge is -2.33. The number of hydrogen-bond acceptors (Lipinski definition) is 8. The van der Waals surface area contributed by atoms with Crippen LogP contribution in [-0.4, -0.2) is 47.5 Å². The molecular formula is C68H88F2N8. The quantitative estimate of drug-likeness (QED) is 0.136. The first-order chi connectivity index (χ1) is 36.2. The zero-order valence-corrected chi connectivity index (χ0v) is 48.6. The minimum absolute atomic E-state index is 0. The number of rotatable bonds is 6. The van der Waals surface area contributed by atoms with Crippen LogP contribution >= 0.6 is 0 Å². The van der Waals surface area contributed by atoms with Gasteiger partial charge in [-0.1, -0.05) is 212 Å². The van der Waals surface area contributed by atoms with Gasteiger partial charge in [-0.05, 0) is 89.0 Å². The first kappa shape index (κ1) is 61.7. The largest absolute Gasteiger partial charge is 0.350 e. The minimum Gasteiger partial charge on any atom is -0.350 e.